The van der Waals surface area contributed by atoms with Gasteiger partial charge in [0.1, 0.15) is 0 Å². The largest absolute Gasteiger partial charge is 0.393 e. The second-order valence-corrected chi connectivity index (χ2v) is 4.96. The number of benzene rings is 1. The summed E-state index contributed by atoms with van der Waals surface area (Å²) in [6.45, 7) is 0.385. The van der Waals surface area contributed by atoms with Crippen LogP contribution < -0.4 is 11.3 Å². The molecule has 0 saturated carbocycles. The van der Waals surface area contributed by atoms with E-state index < -0.39 is 0 Å². The Hall–Kier alpha value is -1.72. The Morgan fingerprint density at radius 1 is 1.26 bits per heavy atom. The highest BCUT2D eigenvalue weighted by Gasteiger charge is 2.04. The Balaban J connectivity index is 2.32. The molecule has 0 spiro atoms. The second kappa shape index (κ2) is 5.95. The van der Waals surface area contributed by atoms with Gasteiger partial charge >= 0.3 is 0 Å². The fourth-order valence-electron chi connectivity index (χ4n) is 1.60. The zero-order valence-electron chi connectivity index (χ0n) is 10.0. The Kier molecular flexibility index (Phi) is 4.29. The Bertz CT molecular complexity index is 652. The van der Waals surface area contributed by atoms with Gasteiger partial charge in [0.25, 0.3) is 5.56 Å². The summed E-state index contributed by atoms with van der Waals surface area (Å²) in [5.41, 5.74) is 6.86. The summed E-state index contributed by atoms with van der Waals surface area (Å²) in [7, 11) is 0. The van der Waals surface area contributed by atoms with E-state index in [1.165, 1.54) is 10.7 Å². The zero-order valence-corrected chi connectivity index (χ0v) is 11.6. The Morgan fingerprint density at radius 3 is 2.58 bits per heavy atom. The van der Waals surface area contributed by atoms with E-state index in [9.17, 15) is 4.79 Å². The SMILES string of the molecule is NC(=S)CCn1nc(-c2ccc(Cl)cc2)ccc1=O. The first kappa shape index (κ1) is 13.7. The van der Waals surface area contributed by atoms with Crippen molar-refractivity contribution in [3.05, 3.63) is 51.8 Å². The molecule has 0 radical (unpaired) electrons. The summed E-state index contributed by atoms with van der Waals surface area (Å²) in [6.07, 6.45) is 0.451. The van der Waals surface area contributed by atoms with Crippen molar-refractivity contribution in [3.63, 3.8) is 0 Å². The molecule has 6 heteroatoms. The lowest BCUT2D eigenvalue weighted by molar-refractivity contribution is 0.598. The van der Waals surface area contributed by atoms with Crippen LogP contribution in [0.5, 0.6) is 0 Å². The van der Waals surface area contributed by atoms with Crippen molar-refractivity contribution in [1.29, 1.82) is 0 Å². The Labute approximate surface area is 120 Å². The zero-order chi connectivity index (χ0) is 13.8. The number of halogens is 1. The van der Waals surface area contributed by atoms with Crippen molar-refractivity contribution in [2.24, 2.45) is 5.73 Å². The highest BCUT2D eigenvalue weighted by Crippen LogP contribution is 2.18. The van der Waals surface area contributed by atoms with Gasteiger partial charge in [-0.2, -0.15) is 5.10 Å². The molecule has 0 bridgehead atoms. The van der Waals surface area contributed by atoms with Crippen molar-refractivity contribution in [2.75, 3.05) is 0 Å². The molecule has 1 aromatic carbocycles. The fraction of sp³-hybridized carbons (Fsp3) is 0.154. The standard InChI is InChI=1S/C13H12ClN3OS/c14-10-3-1-9(2-4-10)11-5-6-13(18)17(16-11)8-7-12(15)19/h1-6H,7-8H2,(H2,15,19). The minimum Gasteiger partial charge on any atom is -0.393 e. The molecule has 0 aliphatic rings. The first-order valence-electron chi connectivity index (χ1n) is 5.68. The fourth-order valence-corrected chi connectivity index (χ4v) is 1.82. The van der Waals surface area contributed by atoms with Gasteiger partial charge in [-0.1, -0.05) is 36.0 Å². The van der Waals surface area contributed by atoms with Gasteiger partial charge in [-0.3, -0.25) is 4.79 Å². The number of rotatable bonds is 4. The van der Waals surface area contributed by atoms with Crippen LogP contribution in [0.1, 0.15) is 6.42 Å². The molecule has 2 rings (SSSR count). The number of nitrogens with two attached hydrogens (primary N) is 1. The lowest BCUT2D eigenvalue weighted by atomic mass is 10.1. The van der Waals surface area contributed by atoms with Gasteiger partial charge < -0.3 is 5.73 Å². The van der Waals surface area contributed by atoms with Crippen molar-refractivity contribution >= 4 is 28.8 Å². The third-order valence-electron chi connectivity index (χ3n) is 2.58. The highest BCUT2D eigenvalue weighted by molar-refractivity contribution is 7.80. The van der Waals surface area contributed by atoms with Crippen LogP contribution in [0.3, 0.4) is 0 Å². The molecule has 0 unspecified atom stereocenters. The number of aryl methyl sites for hydroxylation is 1. The molecular formula is C13H12ClN3OS. The molecule has 0 aliphatic carbocycles. The smallest absolute Gasteiger partial charge is 0.266 e. The number of aromatic nitrogens is 2. The van der Waals surface area contributed by atoms with Gasteiger partial charge in [0.2, 0.25) is 0 Å². The predicted molar refractivity (Wildman–Crippen MR) is 80.3 cm³/mol. The van der Waals surface area contributed by atoms with Gasteiger partial charge in [0.05, 0.1) is 17.2 Å². The van der Waals surface area contributed by atoms with E-state index in [1.807, 2.05) is 12.1 Å². The molecule has 1 heterocycles. The molecule has 2 N–H and O–H groups in total. The normalized spacial score (nSPS) is 10.4. The van der Waals surface area contributed by atoms with E-state index >= 15 is 0 Å². The summed E-state index contributed by atoms with van der Waals surface area (Å²) < 4.78 is 1.36. The first-order valence-corrected chi connectivity index (χ1v) is 6.47. The lowest BCUT2D eigenvalue weighted by Crippen LogP contribution is -2.24. The van der Waals surface area contributed by atoms with Crippen LogP contribution in [0.25, 0.3) is 11.3 Å². The number of hydrogen-bond acceptors (Lipinski definition) is 3. The average Bonchev–Trinajstić information content (AvgIpc) is 2.39. The summed E-state index contributed by atoms with van der Waals surface area (Å²) >= 11 is 10.6. The van der Waals surface area contributed by atoms with Crippen LogP contribution in [-0.2, 0) is 6.54 Å². The van der Waals surface area contributed by atoms with Crippen LogP contribution in [0, 0.1) is 0 Å². The number of hydrogen-bond donors (Lipinski definition) is 1. The van der Waals surface area contributed by atoms with Crippen LogP contribution in [0.4, 0.5) is 0 Å². The maximum Gasteiger partial charge on any atom is 0.266 e. The van der Waals surface area contributed by atoms with E-state index in [2.05, 4.69) is 5.10 Å². The van der Waals surface area contributed by atoms with E-state index in [4.69, 9.17) is 29.6 Å². The number of nitrogens with zero attached hydrogens (tertiary/aromatic N) is 2. The second-order valence-electron chi connectivity index (χ2n) is 4.00. The maximum atomic E-state index is 11.7. The lowest BCUT2D eigenvalue weighted by Gasteiger charge is -2.06. The summed E-state index contributed by atoms with van der Waals surface area (Å²) in [5.74, 6) is 0. The molecule has 4 nitrogen and oxygen atoms in total. The third-order valence-corrected chi connectivity index (χ3v) is 3.03. The van der Waals surface area contributed by atoms with Gasteiger partial charge in [0.15, 0.2) is 0 Å². The van der Waals surface area contributed by atoms with E-state index in [-0.39, 0.29) is 5.56 Å². The van der Waals surface area contributed by atoms with E-state index in [0.717, 1.165) is 5.56 Å². The minimum absolute atomic E-state index is 0.172. The maximum absolute atomic E-state index is 11.7. The van der Waals surface area contributed by atoms with Crippen LogP contribution in [0.2, 0.25) is 5.02 Å². The summed E-state index contributed by atoms with van der Waals surface area (Å²) in [4.78, 5) is 12.0. The van der Waals surface area contributed by atoms with E-state index in [0.29, 0.717) is 28.7 Å². The Morgan fingerprint density at radius 2 is 1.95 bits per heavy atom. The first-order chi connectivity index (χ1) is 9.06. The van der Waals surface area contributed by atoms with Crippen molar-refractivity contribution < 1.29 is 0 Å². The van der Waals surface area contributed by atoms with Gasteiger partial charge in [0, 0.05) is 23.1 Å². The van der Waals surface area contributed by atoms with Crippen molar-refractivity contribution in [2.45, 2.75) is 13.0 Å². The third kappa shape index (κ3) is 3.62. The van der Waals surface area contributed by atoms with Crippen molar-refractivity contribution in [1.82, 2.24) is 9.78 Å². The van der Waals surface area contributed by atoms with Gasteiger partial charge in [-0.25, -0.2) is 4.68 Å². The monoisotopic (exact) mass is 293 g/mol. The molecule has 0 fully saturated rings. The number of thiocarbonyl (C=S) groups is 1. The van der Waals surface area contributed by atoms with Gasteiger partial charge in [-0.05, 0) is 18.2 Å². The van der Waals surface area contributed by atoms with Gasteiger partial charge in [-0.15, -0.1) is 0 Å². The van der Waals surface area contributed by atoms with E-state index in [1.54, 1.807) is 18.2 Å². The summed E-state index contributed by atoms with van der Waals surface area (Å²) in [5, 5.41) is 4.95. The van der Waals surface area contributed by atoms with Crippen LogP contribution in [0.15, 0.2) is 41.2 Å². The minimum atomic E-state index is -0.172. The predicted octanol–water partition coefficient (Wildman–Crippen LogP) is 2.24. The molecular weight excluding hydrogens is 282 g/mol. The topological polar surface area (TPSA) is 60.9 Å². The molecule has 98 valence electrons. The molecule has 0 amide bonds. The molecule has 0 saturated heterocycles. The molecule has 1 aromatic heterocycles. The average molecular weight is 294 g/mol. The van der Waals surface area contributed by atoms with Crippen LogP contribution in [-0.4, -0.2) is 14.8 Å². The molecule has 0 atom stereocenters. The van der Waals surface area contributed by atoms with Crippen LogP contribution >= 0.6 is 23.8 Å². The quantitative estimate of drug-likeness (QED) is 0.878. The molecule has 0 aliphatic heterocycles. The highest BCUT2D eigenvalue weighted by atomic mass is 35.5. The van der Waals surface area contributed by atoms with Crippen molar-refractivity contribution in [3.8, 4) is 11.3 Å². The summed E-state index contributed by atoms with van der Waals surface area (Å²) in [6, 6.07) is 10.4. The molecule has 2 aromatic rings. The molecule has 19 heavy (non-hydrogen) atoms.